The predicted octanol–water partition coefficient (Wildman–Crippen LogP) is 2.94. The molecule has 0 spiro atoms. The van der Waals surface area contributed by atoms with Gasteiger partial charge in [-0.2, -0.15) is 0 Å². The number of hydrogen-bond acceptors (Lipinski definition) is 4. The van der Waals surface area contributed by atoms with E-state index >= 15 is 0 Å². The maximum absolute atomic E-state index is 12.2. The molecular formula is C16H15NO3S. The van der Waals surface area contributed by atoms with Gasteiger partial charge >= 0.3 is 0 Å². The minimum absolute atomic E-state index is 0.110. The van der Waals surface area contributed by atoms with Crippen LogP contribution in [0, 0.1) is 6.92 Å². The largest absolute Gasteiger partial charge is 0.454 e. The van der Waals surface area contributed by atoms with E-state index in [1.807, 2.05) is 37.3 Å². The van der Waals surface area contributed by atoms with Gasteiger partial charge in [-0.15, -0.1) is 12.6 Å². The van der Waals surface area contributed by atoms with Crippen molar-refractivity contribution >= 4 is 18.5 Å². The van der Waals surface area contributed by atoms with Gasteiger partial charge in [-0.05, 0) is 42.3 Å². The van der Waals surface area contributed by atoms with Gasteiger partial charge in [-0.25, -0.2) is 0 Å². The number of fused-ring (bicyclic) bond motifs is 1. The van der Waals surface area contributed by atoms with E-state index in [4.69, 9.17) is 9.47 Å². The number of amides is 1. The maximum Gasteiger partial charge on any atom is 0.251 e. The second-order valence-electron chi connectivity index (χ2n) is 4.87. The first kappa shape index (κ1) is 13.8. The number of aryl methyl sites for hydroxylation is 1. The minimum atomic E-state index is -0.110. The molecule has 1 aliphatic heterocycles. The monoisotopic (exact) mass is 301 g/mol. The molecule has 1 heterocycles. The first-order chi connectivity index (χ1) is 10.1. The van der Waals surface area contributed by atoms with Crippen LogP contribution in [-0.2, 0) is 6.54 Å². The number of nitrogens with one attached hydrogen (secondary N) is 1. The molecule has 2 aromatic rings. The second kappa shape index (κ2) is 5.69. The summed E-state index contributed by atoms with van der Waals surface area (Å²) in [5.74, 6) is 1.35. The number of carbonyl (C=O) groups excluding carboxylic acids is 1. The fourth-order valence-corrected chi connectivity index (χ4v) is 2.39. The Labute approximate surface area is 128 Å². The van der Waals surface area contributed by atoms with Crippen LogP contribution < -0.4 is 14.8 Å². The smallest absolute Gasteiger partial charge is 0.251 e. The van der Waals surface area contributed by atoms with E-state index in [0.29, 0.717) is 12.1 Å². The van der Waals surface area contributed by atoms with Gasteiger partial charge in [-0.3, -0.25) is 4.79 Å². The van der Waals surface area contributed by atoms with Crippen LogP contribution in [0.15, 0.2) is 41.3 Å². The number of thiol groups is 1. The molecule has 1 aliphatic rings. The average Bonchev–Trinajstić information content (AvgIpc) is 2.94. The van der Waals surface area contributed by atoms with Gasteiger partial charge < -0.3 is 14.8 Å². The minimum Gasteiger partial charge on any atom is -0.454 e. The third-order valence-electron chi connectivity index (χ3n) is 3.36. The predicted molar refractivity (Wildman–Crippen MR) is 82.2 cm³/mol. The summed E-state index contributed by atoms with van der Waals surface area (Å²) < 4.78 is 10.6. The Morgan fingerprint density at radius 2 is 2.00 bits per heavy atom. The van der Waals surface area contributed by atoms with Gasteiger partial charge in [0.15, 0.2) is 11.5 Å². The summed E-state index contributed by atoms with van der Waals surface area (Å²) in [6.45, 7) is 2.59. The lowest BCUT2D eigenvalue weighted by atomic mass is 10.1. The zero-order valence-corrected chi connectivity index (χ0v) is 12.4. The third kappa shape index (κ3) is 2.97. The van der Waals surface area contributed by atoms with Crippen molar-refractivity contribution in [3.8, 4) is 11.5 Å². The topological polar surface area (TPSA) is 47.6 Å². The highest BCUT2D eigenvalue weighted by Gasteiger charge is 2.14. The molecular weight excluding hydrogens is 286 g/mol. The van der Waals surface area contributed by atoms with Gasteiger partial charge in [0.25, 0.3) is 5.91 Å². The standard InChI is InChI=1S/C16H15NO3S/c1-10-2-4-12(21)7-13(10)16(18)17-8-11-3-5-14-15(6-11)20-9-19-14/h2-7,21H,8-9H2,1H3,(H,17,18). The highest BCUT2D eigenvalue weighted by atomic mass is 32.1. The van der Waals surface area contributed by atoms with Crippen LogP contribution in [0.4, 0.5) is 0 Å². The molecule has 4 nitrogen and oxygen atoms in total. The number of ether oxygens (including phenoxy) is 2. The highest BCUT2D eigenvalue weighted by Crippen LogP contribution is 2.32. The summed E-state index contributed by atoms with van der Waals surface area (Å²) in [5.41, 5.74) is 2.53. The maximum atomic E-state index is 12.2. The Hall–Kier alpha value is -2.14. The van der Waals surface area contributed by atoms with Crippen molar-refractivity contribution < 1.29 is 14.3 Å². The van der Waals surface area contributed by atoms with Crippen LogP contribution in [0.3, 0.4) is 0 Å². The van der Waals surface area contributed by atoms with E-state index in [0.717, 1.165) is 27.5 Å². The Kier molecular flexibility index (Phi) is 3.75. The Morgan fingerprint density at radius 1 is 1.19 bits per heavy atom. The fourth-order valence-electron chi connectivity index (χ4n) is 2.18. The SMILES string of the molecule is Cc1ccc(S)cc1C(=O)NCc1ccc2c(c1)OCO2. The van der Waals surface area contributed by atoms with Gasteiger partial charge in [0.1, 0.15) is 0 Å². The first-order valence-electron chi connectivity index (χ1n) is 6.60. The highest BCUT2D eigenvalue weighted by molar-refractivity contribution is 7.80. The molecule has 21 heavy (non-hydrogen) atoms. The third-order valence-corrected chi connectivity index (χ3v) is 3.63. The van der Waals surface area contributed by atoms with Crippen molar-refractivity contribution in [3.63, 3.8) is 0 Å². The molecule has 1 N–H and O–H groups in total. The number of benzene rings is 2. The second-order valence-corrected chi connectivity index (χ2v) is 5.39. The van der Waals surface area contributed by atoms with E-state index in [1.54, 1.807) is 6.07 Å². The van der Waals surface area contributed by atoms with Crippen LogP contribution >= 0.6 is 12.6 Å². The zero-order valence-electron chi connectivity index (χ0n) is 11.6. The molecule has 3 rings (SSSR count). The summed E-state index contributed by atoms with van der Waals surface area (Å²) in [6, 6.07) is 11.2. The molecule has 5 heteroatoms. The van der Waals surface area contributed by atoms with E-state index in [9.17, 15) is 4.79 Å². The Balaban J connectivity index is 1.70. The van der Waals surface area contributed by atoms with Gasteiger partial charge in [0, 0.05) is 17.0 Å². The van der Waals surface area contributed by atoms with E-state index in [-0.39, 0.29) is 12.7 Å². The van der Waals surface area contributed by atoms with E-state index in [1.165, 1.54) is 0 Å². The average molecular weight is 301 g/mol. The summed E-state index contributed by atoms with van der Waals surface area (Å²) in [7, 11) is 0. The summed E-state index contributed by atoms with van der Waals surface area (Å²) in [4.78, 5) is 13.0. The van der Waals surface area contributed by atoms with E-state index < -0.39 is 0 Å². The summed E-state index contributed by atoms with van der Waals surface area (Å²) >= 11 is 4.27. The lowest BCUT2D eigenvalue weighted by Crippen LogP contribution is -2.23. The molecule has 2 aromatic carbocycles. The van der Waals surface area contributed by atoms with Crippen molar-refractivity contribution in [1.29, 1.82) is 0 Å². The van der Waals surface area contributed by atoms with Gasteiger partial charge in [-0.1, -0.05) is 12.1 Å². The lowest BCUT2D eigenvalue weighted by Gasteiger charge is -2.09. The molecule has 108 valence electrons. The van der Waals surface area contributed by atoms with Crippen molar-refractivity contribution in [1.82, 2.24) is 5.32 Å². The van der Waals surface area contributed by atoms with Crippen molar-refractivity contribution in [3.05, 3.63) is 53.1 Å². The van der Waals surface area contributed by atoms with Crippen molar-refractivity contribution in [2.45, 2.75) is 18.4 Å². The summed E-state index contributed by atoms with van der Waals surface area (Å²) in [5, 5.41) is 2.91. The number of carbonyl (C=O) groups is 1. The molecule has 0 aliphatic carbocycles. The van der Waals surface area contributed by atoms with Crippen LogP contribution in [0.5, 0.6) is 11.5 Å². The molecule has 0 unspecified atom stereocenters. The van der Waals surface area contributed by atoms with Crippen molar-refractivity contribution in [2.75, 3.05) is 6.79 Å². The van der Waals surface area contributed by atoms with Crippen LogP contribution in [0.2, 0.25) is 0 Å². The normalized spacial score (nSPS) is 12.3. The molecule has 0 atom stereocenters. The fraction of sp³-hybridized carbons (Fsp3) is 0.188. The lowest BCUT2D eigenvalue weighted by molar-refractivity contribution is 0.0950. The van der Waals surface area contributed by atoms with Crippen molar-refractivity contribution in [2.24, 2.45) is 0 Å². The molecule has 1 amide bonds. The molecule has 0 bridgehead atoms. The van der Waals surface area contributed by atoms with Gasteiger partial charge in [0.2, 0.25) is 6.79 Å². The molecule has 0 saturated heterocycles. The van der Waals surface area contributed by atoms with Crippen LogP contribution in [0.25, 0.3) is 0 Å². The number of hydrogen-bond donors (Lipinski definition) is 2. The van der Waals surface area contributed by atoms with E-state index in [2.05, 4.69) is 17.9 Å². The zero-order chi connectivity index (χ0) is 14.8. The molecule has 0 fully saturated rings. The van der Waals surface area contributed by atoms with Gasteiger partial charge in [0.05, 0.1) is 0 Å². The molecule has 0 saturated carbocycles. The number of rotatable bonds is 3. The Morgan fingerprint density at radius 3 is 2.86 bits per heavy atom. The Bertz CT molecular complexity index is 700. The first-order valence-corrected chi connectivity index (χ1v) is 7.04. The molecule has 0 radical (unpaired) electrons. The summed E-state index contributed by atoms with van der Waals surface area (Å²) in [6.07, 6.45) is 0. The molecule has 0 aromatic heterocycles. The van der Waals surface area contributed by atoms with Crippen LogP contribution in [-0.4, -0.2) is 12.7 Å². The quantitative estimate of drug-likeness (QED) is 0.857. The van der Waals surface area contributed by atoms with Crippen LogP contribution in [0.1, 0.15) is 21.5 Å².